The summed E-state index contributed by atoms with van der Waals surface area (Å²) in [7, 11) is 0. The second-order valence-electron chi connectivity index (χ2n) is 7.00. The molecule has 1 saturated heterocycles. The van der Waals surface area contributed by atoms with Crippen molar-refractivity contribution >= 4 is 18.3 Å². The molecule has 1 aliphatic rings. The molecule has 4 nitrogen and oxygen atoms in total. The molecule has 2 aromatic carbocycles. The number of halogens is 1. The molecule has 2 atom stereocenters. The molecule has 1 fully saturated rings. The van der Waals surface area contributed by atoms with Crippen LogP contribution in [0, 0.1) is 20.8 Å². The summed E-state index contributed by atoms with van der Waals surface area (Å²) in [5, 5.41) is 0. The Morgan fingerprint density at radius 1 is 1.12 bits per heavy atom. The monoisotopic (exact) mass is 374 g/mol. The van der Waals surface area contributed by atoms with Crippen molar-refractivity contribution in [1.82, 2.24) is 4.90 Å². The van der Waals surface area contributed by atoms with Gasteiger partial charge in [0.1, 0.15) is 5.75 Å². The van der Waals surface area contributed by atoms with Crippen LogP contribution in [-0.4, -0.2) is 36.5 Å². The van der Waals surface area contributed by atoms with Crippen molar-refractivity contribution in [3.63, 3.8) is 0 Å². The van der Waals surface area contributed by atoms with Gasteiger partial charge in [0.05, 0.1) is 0 Å². The van der Waals surface area contributed by atoms with Gasteiger partial charge < -0.3 is 15.4 Å². The Morgan fingerprint density at radius 2 is 1.73 bits per heavy atom. The van der Waals surface area contributed by atoms with E-state index in [2.05, 4.69) is 31.2 Å². The molecule has 1 aliphatic heterocycles. The lowest BCUT2D eigenvalue weighted by Crippen LogP contribution is -2.35. The molecular weight excluding hydrogens is 348 g/mol. The van der Waals surface area contributed by atoms with Gasteiger partial charge in [0.25, 0.3) is 5.91 Å². The van der Waals surface area contributed by atoms with Gasteiger partial charge >= 0.3 is 0 Å². The van der Waals surface area contributed by atoms with Crippen LogP contribution in [-0.2, 0) is 4.79 Å². The van der Waals surface area contributed by atoms with Crippen LogP contribution in [0.5, 0.6) is 5.75 Å². The summed E-state index contributed by atoms with van der Waals surface area (Å²) >= 11 is 0. The smallest absolute Gasteiger partial charge is 0.260 e. The van der Waals surface area contributed by atoms with Crippen LogP contribution in [0.1, 0.15) is 28.2 Å². The van der Waals surface area contributed by atoms with Crippen molar-refractivity contribution in [3.05, 3.63) is 64.7 Å². The number of hydrogen-bond acceptors (Lipinski definition) is 3. The normalized spacial score (nSPS) is 19.2. The third kappa shape index (κ3) is 4.37. The standard InChI is InChI=1S/C21H26N2O2.ClH/c1-14-9-15(2)21(16(3)10-14)25-13-20(24)23-11-18(19(22)12-23)17-7-5-4-6-8-17;/h4-10,18-19H,11-13,22H2,1-3H3;1H/t18-,19+;/m0./s1. The Morgan fingerprint density at radius 3 is 2.35 bits per heavy atom. The van der Waals surface area contributed by atoms with Gasteiger partial charge in [-0.1, -0.05) is 48.0 Å². The maximum absolute atomic E-state index is 12.6. The lowest BCUT2D eigenvalue weighted by molar-refractivity contribution is -0.132. The van der Waals surface area contributed by atoms with Crippen molar-refractivity contribution in [2.45, 2.75) is 32.7 Å². The van der Waals surface area contributed by atoms with E-state index >= 15 is 0 Å². The topological polar surface area (TPSA) is 55.6 Å². The van der Waals surface area contributed by atoms with Gasteiger partial charge in [-0.2, -0.15) is 0 Å². The highest BCUT2D eigenvalue weighted by Gasteiger charge is 2.33. The summed E-state index contributed by atoms with van der Waals surface area (Å²) in [5.74, 6) is 0.989. The zero-order valence-corrected chi connectivity index (χ0v) is 16.4. The Labute approximate surface area is 161 Å². The van der Waals surface area contributed by atoms with Crippen molar-refractivity contribution in [2.24, 2.45) is 5.73 Å². The summed E-state index contributed by atoms with van der Waals surface area (Å²) in [6, 6.07) is 14.3. The lowest BCUT2D eigenvalue weighted by atomic mass is 9.95. The molecule has 140 valence electrons. The maximum atomic E-state index is 12.6. The van der Waals surface area contributed by atoms with Crippen molar-refractivity contribution < 1.29 is 9.53 Å². The number of hydrogen-bond donors (Lipinski definition) is 1. The Balaban J connectivity index is 0.00000243. The number of carbonyl (C=O) groups is 1. The third-order valence-corrected chi connectivity index (χ3v) is 4.89. The minimum atomic E-state index is -0.0332. The van der Waals surface area contributed by atoms with Crippen molar-refractivity contribution in [1.29, 1.82) is 0 Å². The van der Waals surface area contributed by atoms with Gasteiger partial charge in [-0.05, 0) is 37.5 Å². The summed E-state index contributed by atoms with van der Waals surface area (Å²) in [6.07, 6.45) is 0. The highest BCUT2D eigenvalue weighted by Crippen LogP contribution is 2.27. The first-order valence-electron chi connectivity index (χ1n) is 8.74. The van der Waals surface area contributed by atoms with E-state index in [1.54, 1.807) is 0 Å². The number of nitrogens with zero attached hydrogens (tertiary/aromatic N) is 1. The van der Waals surface area contributed by atoms with E-state index in [1.165, 1.54) is 11.1 Å². The Kier molecular flexibility index (Phi) is 6.68. The predicted octanol–water partition coefficient (Wildman–Crippen LogP) is 3.37. The first kappa shape index (κ1) is 20.3. The minimum Gasteiger partial charge on any atom is -0.483 e. The second kappa shape index (κ2) is 8.56. The average Bonchev–Trinajstić information content (AvgIpc) is 2.96. The van der Waals surface area contributed by atoms with E-state index in [0.717, 1.165) is 16.9 Å². The third-order valence-electron chi connectivity index (χ3n) is 4.89. The number of nitrogens with two attached hydrogens (primary N) is 1. The van der Waals surface area contributed by atoms with E-state index < -0.39 is 0 Å². The molecular formula is C21H27ClN2O2. The van der Waals surface area contributed by atoms with E-state index in [4.69, 9.17) is 10.5 Å². The first-order chi connectivity index (χ1) is 12.0. The van der Waals surface area contributed by atoms with Crippen molar-refractivity contribution in [2.75, 3.05) is 19.7 Å². The van der Waals surface area contributed by atoms with Crippen LogP contribution in [0.3, 0.4) is 0 Å². The van der Waals surface area contributed by atoms with E-state index in [9.17, 15) is 4.79 Å². The molecule has 0 saturated carbocycles. The van der Waals surface area contributed by atoms with Crippen LogP contribution in [0.4, 0.5) is 0 Å². The summed E-state index contributed by atoms with van der Waals surface area (Å²) in [6.45, 7) is 7.37. The average molecular weight is 375 g/mol. The molecule has 1 amide bonds. The van der Waals surface area contributed by atoms with Crippen LogP contribution < -0.4 is 10.5 Å². The molecule has 0 spiro atoms. The molecule has 0 radical (unpaired) electrons. The first-order valence-corrected chi connectivity index (χ1v) is 8.74. The largest absolute Gasteiger partial charge is 0.483 e. The van der Waals surface area contributed by atoms with Gasteiger partial charge in [-0.25, -0.2) is 0 Å². The van der Waals surface area contributed by atoms with Crippen molar-refractivity contribution in [3.8, 4) is 5.75 Å². The fraction of sp³-hybridized carbons (Fsp3) is 0.381. The quantitative estimate of drug-likeness (QED) is 0.892. The number of rotatable bonds is 4. The molecule has 2 N–H and O–H groups in total. The molecule has 26 heavy (non-hydrogen) atoms. The highest BCUT2D eigenvalue weighted by atomic mass is 35.5. The van der Waals surface area contributed by atoms with Crippen LogP contribution in [0.25, 0.3) is 0 Å². The zero-order chi connectivity index (χ0) is 18.0. The number of ether oxygens (including phenoxy) is 1. The zero-order valence-electron chi connectivity index (χ0n) is 15.6. The lowest BCUT2D eigenvalue weighted by Gasteiger charge is -2.18. The van der Waals surface area contributed by atoms with E-state index in [0.29, 0.717) is 13.1 Å². The number of likely N-dealkylation sites (tertiary alicyclic amines) is 1. The fourth-order valence-corrected chi connectivity index (χ4v) is 3.71. The van der Waals surface area contributed by atoms with E-state index in [1.807, 2.05) is 36.9 Å². The maximum Gasteiger partial charge on any atom is 0.260 e. The van der Waals surface area contributed by atoms with Crippen LogP contribution >= 0.6 is 12.4 Å². The van der Waals surface area contributed by atoms with Gasteiger partial charge in [0.2, 0.25) is 0 Å². The number of aryl methyl sites for hydroxylation is 3. The SMILES string of the molecule is Cc1cc(C)c(OCC(=O)N2C[C@@H](N)[C@H](c3ccccc3)C2)c(C)c1.Cl. The number of amides is 1. The number of carbonyl (C=O) groups excluding carboxylic acids is 1. The van der Waals surface area contributed by atoms with E-state index in [-0.39, 0.29) is 36.9 Å². The molecule has 0 unspecified atom stereocenters. The molecule has 1 heterocycles. The second-order valence-corrected chi connectivity index (χ2v) is 7.00. The predicted molar refractivity (Wildman–Crippen MR) is 107 cm³/mol. The van der Waals surface area contributed by atoms with Gasteiger partial charge in [0.15, 0.2) is 6.61 Å². The number of benzene rings is 2. The van der Waals surface area contributed by atoms with Gasteiger partial charge in [-0.3, -0.25) is 4.79 Å². The van der Waals surface area contributed by atoms with Gasteiger partial charge in [-0.15, -0.1) is 12.4 Å². The molecule has 2 aromatic rings. The van der Waals surface area contributed by atoms with Crippen LogP contribution in [0.2, 0.25) is 0 Å². The molecule has 5 heteroatoms. The van der Waals surface area contributed by atoms with Crippen LogP contribution in [0.15, 0.2) is 42.5 Å². The highest BCUT2D eigenvalue weighted by molar-refractivity contribution is 5.85. The summed E-state index contributed by atoms with van der Waals surface area (Å²) < 4.78 is 5.84. The molecule has 0 bridgehead atoms. The Hall–Kier alpha value is -2.04. The Bertz CT molecular complexity index is 741. The molecule has 0 aliphatic carbocycles. The summed E-state index contributed by atoms with van der Waals surface area (Å²) in [4.78, 5) is 14.4. The summed E-state index contributed by atoms with van der Waals surface area (Å²) in [5.41, 5.74) is 10.8. The molecule has 3 rings (SSSR count). The van der Waals surface area contributed by atoms with Gasteiger partial charge in [0, 0.05) is 25.0 Å². The molecule has 0 aromatic heterocycles. The minimum absolute atomic E-state index is 0. The fourth-order valence-electron chi connectivity index (χ4n) is 3.71.